The number of hydrogen-bond donors (Lipinski definition) is 1. The quantitative estimate of drug-likeness (QED) is 0.121. The highest BCUT2D eigenvalue weighted by molar-refractivity contribution is 6.34. The van der Waals surface area contributed by atoms with E-state index in [0.29, 0.717) is 5.56 Å². The average molecular weight is 493 g/mol. The lowest BCUT2D eigenvalue weighted by Crippen LogP contribution is -2.13. The smallest absolute Gasteiger partial charge is 0.350 e. The predicted octanol–water partition coefficient (Wildman–Crippen LogP) is 4.92. The van der Waals surface area contributed by atoms with E-state index in [-0.39, 0.29) is 33.3 Å². The first-order valence-corrected chi connectivity index (χ1v) is 10.00. The van der Waals surface area contributed by atoms with Crippen LogP contribution in [-0.4, -0.2) is 21.7 Å². The molecule has 0 bridgehead atoms. The number of para-hydroxylation sites is 1. The second-order valence-electron chi connectivity index (χ2n) is 6.78. The number of carbonyl (C=O) groups excluding carboxylic acids is 2. The molecule has 0 aliphatic rings. The van der Waals surface area contributed by atoms with Gasteiger partial charge in [0.05, 0.1) is 20.6 Å². The van der Waals surface area contributed by atoms with Crippen molar-refractivity contribution in [1.82, 2.24) is 0 Å². The minimum absolute atomic E-state index is 0.0744. The Bertz CT molecular complexity index is 1410. The zero-order valence-electron chi connectivity index (χ0n) is 17.5. The molecule has 0 aliphatic heterocycles. The van der Waals surface area contributed by atoms with Crippen LogP contribution < -0.4 is 10.1 Å². The first kappa shape index (κ1) is 24.6. The van der Waals surface area contributed by atoms with E-state index in [4.69, 9.17) is 16.3 Å². The van der Waals surface area contributed by atoms with Gasteiger partial charge in [0.25, 0.3) is 17.3 Å². The van der Waals surface area contributed by atoms with E-state index < -0.39 is 27.4 Å². The summed E-state index contributed by atoms with van der Waals surface area (Å²) in [6.07, 6.45) is 1.27. The SMILES string of the molecule is N#C/C(=C\c1ccc(OC(=O)c2ccccc2[N+](=O)[O-])cc1)C(=O)Nc1ccc([N+](=O)[O-])cc1Cl. The minimum Gasteiger partial charge on any atom is -0.423 e. The number of nitrogens with zero attached hydrogens (tertiary/aromatic N) is 3. The van der Waals surface area contributed by atoms with Crippen LogP contribution in [0.15, 0.2) is 72.3 Å². The lowest BCUT2D eigenvalue weighted by atomic mass is 10.1. The van der Waals surface area contributed by atoms with E-state index in [1.807, 2.05) is 0 Å². The number of benzene rings is 3. The maximum absolute atomic E-state index is 12.5. The van der Waals surface area contributed by atoms with Gasteiger partial charge in [-0.1, -0.05) is 35.9 Å². The molecule has 0 aromatic heterocycles. The highest BCUT2D eigenvalue weighted by Crippen LogP contribution is 2.27. The largest absolute Gasteiger partial charge is 0.423 e. The Balaban J connectivity index is 1.73. The van der Waals surface area contributed by atoms with Crippen molar-refractivity contribution in [2.75, 3.05) is 5.32 Å². The third-order valence-corrected chi connectivity index (χ3v) is 4.81. The van der Waals surface area contributed by atoms with Gasteiger partial charge in [0, 0.05) is 18.2 Å². The molecule has 0 fully saturated rings. The number of rotatable bonds is 7. The van der Waals surface area contributed by atoms with Crippen molar-refractivity contribution in [3.05, 3.63) is 109 Å². The molecule has 0 unspecified atom stereocenters. The van der Waals surface area contributed by atoms with Gasteiger partial charge in [-0.25, -0.2) is 4.79 Å². The highest BCUT2D eigenvalue weighted by atomic mass is 35.5. The summed E-state index contributed by atoms with van der Waals surface area (Å²) in [5.41, 5.74) is -0.655. The molecule has 0 atom stereocenters. The van der Waals surface area contributed by atoms with E-state index >= 15 is 0 Å². The predicted molar refractivity (Wildman–Crippen MR) is 125 cm³/mol. The van der Waals surface area contributed by atoms with Gasteiger partial charge in [0.1, 0.15) is 23.0 Å². The van der Waals surface area contributed by atoms with Crippen molar-refractivity contribution in [1.29, 1.82) is 5.26 Å². The first-order chi connectivity index (χ1) is 16.7. The van der Waals surface area contributed by atoms with Crippen LogP contribution in [0.1, 0.15) is 15.9 Å². The summed E-state index contributed by atoms with van der Waals surface area (Å²) < 4.78 is 5.17. The zero-order valence-corrected chi connectivity index (χ0v) is 18.3. The molecule has 35 heavy (non-hydrogen) atoms. The maximum Gasteiger partial charge on any atom is 0.350 e. The molecule has 0 saturated heterocycles. The molecular weight excluding hydrogens is 480 g/mol. The molecule has 0 saturated carbocycles. The molecule has 0 aliphatic carbocycles. The minimum atomic E-state index is -0.919. The number of esters is 1. The number of non-ortho nitro benzene ring substituents is 1. The second kappa shape index (κ2) is 10.7. The molecule has 0 spiro atoms. The normalized spacial score (nSPS) is 10.7. The van der Waals surface area contributed by atoms with Gasteiger partial charge in [-0.3, -0.25) is 25.0 Å². The fraction of sp³-hybridized carbons (Fsp3) is 0. The second-order valence-corrected chi connectivity index (χ2v) is 7.19. The Kier molecular flexibility index (Phi) is 7.50. The van der Waals surface area contributed by atoms with E-state index in [1.54, 1.807) is 6.07 Å². The number of nitro groups is 2. The summed E-state index contributed by atoms with van der Waals surface area (Å²) in [6.45, 7) is 0. The molecule has 1 N–H and O–H groups in total. The number of halogens is 1. The number of amides is 1. The Morgan fingerprint density at radius 1 is 1.00 bits per heavy atom. The summed E-state index contributed by atoms with van der Waals surface area (Å²) in [4.78, 5) is 45.3. The Morgan fingerprint density at radius 3 is 2.29 bits per heavy atom. The van der Waals surface area contributed by atoms with E-state index in [9.17, 15) is 35.1 Å². The van der Waals surface area contributed by atoms with E-state index in [2.05, 4.69) is 5.32 Å². The fourth-order valence-electron chi connectivity index (χ4n) is 2.82. The van der Waals surface area contributed by atoms with E-state index in [1.165, 1.54) is 60.7 Å². The van der Waals surface area contributed by atoms with Gasteiger partial charge >= 0.3 is 5.97 Å². The lowest BCUT2D eigenvalue weighted by Gasteiger charge is -2.07. The van der Waals surface area contributed by atoms with Crippen LogP contribution in [0.2, 0.25) is 5.02 Å². The van der Waals surface area contributed by atoms with Crippen LogP contribution in [0.5, 0.6) is 5.75 Å². The number of carbonyl (C=O) groups is 2. The van der Waals surface area contributed by atoms with Crippen molar-refractivity contribution in [3.8, 4) is 11.8 Å². The van der Waals surface area contributed by atoms with Gasteiger partial charge in [-0.15, -0.1) is 0 Å². The highest BCUT2D eigenvalue weighted by Gasteiger charge is 2.21. The van der Waals surface area contributed by atoms with Crippen LogP contribution >= 0.6 is 11.6 Å². The molecule has 0 radical (unpaired) electrons. The summed E-state index contributed by atoms with van der Waals surface area (Å²) >= 11 is 5.96. The monoisotopic (exact) mass is 492 g/mol. The van der Waals surface area contributed by atoms with Crippen LogP contribution in [-0.2, 0) is 4.79 Å². The van der Waals surface area contributed by atoms with Crippen molar-refractivity contribution in [2.24, 2.45) is 0 Å². The number of anilines is 1. The number of ether oxygens (including phenoxy) is 1. The summed E-state index contributed by atoms with van der Waals surface area (Å²) in [7, 11) is 0. The molecule has 174 valence electrons. The van der Waals surface area contributed by atoms with Gasteiger partial charge in [-0.2, -0.15) is 5.26 Å². The maximum atomic E-state index is 12.5. The van der Waals surface area contributed by atoms with E-state index in [0.717, 1.165) is 12.1 Å². The number of nitriles is 1. The Hall–Kier alpha value is -5.08. The molecule has 3 aromatic rings. The number of nitro benzene ring substituents is 2. The molecule has 12 heteroatoms. The lowest BCUT2D eigenvalue weighted by molar-refractivity contribution is -0.385. The summed E-state index contributed by atoms with van der Waals surface area (Å²) in [6, 6.07) is 16.3. The molecule has 3 rings (SSSR count). The van der Waals surface area contributed by atoms with Crippen molar-refractivity contribution in [2.45, 2.75) is 0 Å². The molecular formula is C23H13ClN4O7. The van der Waals surface area contributed by atoms with Crippen molar-refractivity contribution in [3.63, 3.8) is 0 Å². The van der Waals surface area contributed by atoms with Gasteiger partial charge in [-0.05, 0) is 35.9 Å². The third-order valence-electron chi connectivity index (χ3n) is 4.50. The average Bonchev–Trinajstić information content (AvgIpc) is 2.84. The Morgan fingerprint density at radius 2 is 1.69 bits per heavy atom. The summed E-state index contributed by atoms with van der Waals surface area (Å²) in [5, 5.41) is 33.6. The summed E-state index contributed by atoms with van der Waals surface area (Å²) in [5.74, 6) is -1.63. The topological polar surface area (TPSA) is 165 Å². The molecule has 1 amide bonds. The molecule has 11 nitrogen and oxygen atoms in total. The molecule has 0 heterocycles. The van der Waals surface area contributed by atoms with Gasteiger partial charge in [0.15, 0.2) is 0 Å². The fourth-order valence-corrected chi connectivity index (χ4v) is 3.05. The van der Waals surface area contributed by atoms with Crippen LogP contribution in [0.4, 0.5) is 17.1 Å². The third kappa shape index (κ3) is 6.04. The number of hydrogen-bond acceptors (Lipinski definition) is 8. The van der Waals surface area contributed by atoms with Gasteiger partial charge in [0.2, 0.25) is 0 Å². The zero-order chi connectivity index (χ0) is 25.5. The van der Waals surface area contributed by atoms with Crippen molar-refractivity contribution < 1.29 is 24.2 Å². The van der Waals surface area contributed by atoms with Crippen molar-refractivity contribution >= 4 is 46.6 Å². The number of nitrogens with one attached hydrogen (secondary N) is 1. The van der Waals surface area contributed by atoms with Gasteiger partial charge < -0.3 is 10.1 Å². The first-order valence-electron chi connectivity index (χ1n) is 9.62. The van der Waals surface area contributed by atoms with Crippen LogP contribution in [0, 0.1) is 31.6 Å². The molecule has 3 aromatic carbocycles. The Labute approximate surface area is 202 Å². The van der Waals surface area contributed by atoms with Crippen LogP contribution in [0.3, 0.4) is 0 Å². The standard InChI is InChI=1S/C23H13ClN4O7/c24-19-12-16(27(31)32)7-10-20(19)26-22(29)15(13-25)11-14-5-8-17(9-6-14)35-23(30)18-3-1-2-4-21(18)28(33)34/h1-12H,(H,26,29)/b15-11+. The van der Waals surface area contributed by atoms with Crippen LogP contribution in [0.25, 0.3) is 6.08 Å².